The van der Waals surface area contributed by atoms with E-state index < -0.39 is 0 Å². The van der Waals surface area contributed by atoms with Crippen LogP contribution in [0.1, 0.15) is 161 Å². The molecule has 0 radical (unpaired) electrons. The van der Waals surface area contributed by atoms with Crippen molar-refractivity contribution in [1.29, 1.82) is 0 Å². The first-order chi connectivity index (χ1) is 15.3. The maximum absolute atomic E-state index is 11.8. The van der Waals surface area contributed by atoms with Crippen LogP contribution in [0.25, 0.3) is 0 Å². The Morgan fingerprint density at radius 2 is 0.871 bits per heavy atom. The second kappa shape index (κ2) is 27.5. The monoisotopic (exact) mass is 440 g/mol. The van der Waals surface area contributed by atoms with E-state index in [2.05, 4.69) is 6.92 Å². The maximum Gasteiger partial charge on any atom is 0.305 e. The first-order valence-corrected chi connectivity index (χ1v) is 14.1. The van der Waals surface area contributed by atoms with Gasteiger partial charge in [0.1, 0.15) is 0 Å². The molecule has 0 amide bonds. The zero-order chi connectivity index (χ0) is 22.7. The lowest BCUT2D eigenvalue weighted by atomic mass is 10.0. The van der Waals surface area contributed by atoms with Crippen molar-refractivity contribution >= 4 is 5.97 Å². The van der Waals surface area contributed by atoms with Gasteiger partial charge in [-0.25, -0.2) is 0 Å². The Labute approximate surface area is 195 Å². The number of aliphatic hydroxyl groups is 1. The quantitative estimate of drug-likeness (QED) is 0.108. The number of esters is 1. The van der Waals surface area contributed by atoms with Crippen LogP contribution in [0.5, 0.6) is 0 Å². The van der Waals surface area contributed by atoms with Crippen LogP contribution in [0.2, 0.25) is 0 Å². The Bertz CT molecular complexity index is 343. The van der Waals surface area contributed by atoms with Crippen LogP contribution < -0.4 is 0 Å². The van der Waals surface area contributed by atoms with Gasteiger partial charge in [0.2, 0.25) is 0 Å². The lowest BCUT2D eigenvalue weighted by molar-refractivity contribution is -0.143. The molecule has 0 aromatic rings. The molecule has 186 valence electrons. The van der Waals surface area contributed by atoms with Crippen molar-refractivity contribution in [3.63, 3.8) is 0 Å². The molecule has 0 spiro atoms. The molecule has 0 fully saturated rings. The van der Waals surface area contributed by atoms with Crippen molar-refractivity contribution in [2.24, 2.45) is 0 Å². The number of carbonyl (C=O) groups is 1. The molecule has 0 aromatic heterocycles. The molecule has 0 atom stereocenters. The predicted octanol–water partition coefficient (Wildman–Crippen LogP) is 8.90. The highest BCUT2D eigenvalue weighted by atomic mass is 16.5. The molecule has 0 aliphatic heterocycles. The Morgan fingerprint density at radius 1 is 0.516 bits per heavy atom. The van der Waals surface area contributed by atoms with Gasteiger partial charge in [-0.3, -0.25) is 4.79 Å². The fraction of sp³-hybridized carbons (Fsp3) is 0.964. The lowest BCUT2D eigenvalue weighted by Gasteiger charge is -2.05. The zero-order valence-electron chi connectivity index (χ0n) is 21.1. The molecule has 3 heteroatoms. The van der Waals surface area contributed by atoms with Crippen LogP contribution in [0.3, 0.4) is 0 Å². The lowest BCUT2D eigenvalue weighted by Crippen LogP contribution is -2.05. The molecule has 0 aliphatic carbocycles. The van der Waals surface area contributed by atoms with E-state index >= 15 is 0 Å². The summed E-state index contributed by atoms with van der Waals surface area (Å²) in [6, 6.07) is 0. The first-order valence-electron chi connectivity index (χ1n) is 14.1. The Morgan fingerprint density at radius 3 is 1.29 bits per heavy atom. The Balaban J connectivity index is 3.12. The van der Waals surface area contributed by atoms with E-state index in [0.29, 0.717) is 19.6 Å². The number of aliphatic hydroxyl groups excluding tert-OH is 1. The van der Waals surface area contributed by atoms with Crippen molar-refractivity contribution in [2.75, 3.05) is 13.2 Å². The highest BCUT2D eigenvalue weighted by Gasteiger charge is 2.02. The predicted molar refractivity (Wildman–Crippen MR) is 135 cm³/mol. The van der Waals surface area contributed by atoms with Gasteiger partial charge < -0.3 is 9.84 Å². The molecule has 3 nitrogen and oxygen atoms in total. The summed E-state index contributed by atoms with van der Waals surface area (Å²) in [7, 11) is 0. The molecule has 0 rings (SSSR count). The fourth-order valence-corrected chi connectivity index (χ4v) is 4.17. The van der Waals surface area contributed by atoms with Gasteiger partial charge in [0.05, 0.1) is 6.61 Å². The standard InChI is InChI=1S/C28H56O3/c1-2-3-4-5-6-18-21-24-27-31-28(30)25-22-19-16-14-12-10-8-7-9-11-13-15-17-20-23-26-29/h29H,2-27H2,1H3. The summed E-state index contributed by atoms with van der Waals surface area (Å²) >= 11 is 0. The van der Waals surface area contributed by atoms with Gasteiger partial charge in [0, 0.05) is 13.0 Å². The summed E-state index contributed by atoms with van der Waals surface area (Å²) in [5.74, 6) is 0.0105. The van der Waals surface area contributed by atoms with Crippen LogP contribution in [0.15, 0.2) is 0 Å². The van der Waals surface area contributed by atoms with Gasteiger partial charge in [-0.1, -0.05) is 135 Å². The fourth-order valence-electron chi connectivity index (χ4n) is 4.17. The van der Waals surface area contributed by atoms with Gasteiger partial charge in [0.25, 0.3) is 0 Å². The summed E-state index contributed by atoms with van der Waals surface area (Å²) in [5.41, 5.74) is 0. The molecule has 0 saturated heterocycles. The molecule has 0 aliphatic rings. The Hall–Kier alpha value is -0.570. The second-order valence-electron chi connectivity index (χ2n) is 9.47. The van der Waals surface area contributed by atoms with Gasteiger partial charge in [-0.15, -0.1) is 0 Å². The molecule has 0 aromatic carbocycles. The summed E-state index contributed by atoms with van der Waals surface area (Å²) in [5, 5.41) is 8.75. The van der Waals surface area contributed by atoms with E-state index in [4.69, 9.17) is 9.84 Å². The summed E-state index contributed by atoms with van der Waals surface area (Å²) < 4.78 is 5.36. The number of hydrogen-bond donors (Lipinski definition) is 1. The van der Waals surface area contributed by atoms with Gasteiger partial charge in [-0.2, -0.15) is 0 Å². The van der Waals surface area contributed by atoms with E-state index in [1.807, 2.05) is 0 Å². The van der Waals surface area contributed by atoms with E-state index in [1.165, 1.54) is 128 Å². The number of rotatable bonds is 26. The largest absolute Gasteiger partial charge is 0.466 e. The molecule has 0 bridgehead atoms. The summed E-state index contributed by atoms with van der Waals surface area (Å²) in [6.07, 6.45) is 30.1. The van der Waals surface area contributed by atoms with E-state index in [1.54, 1.807) is 0 Å². The van der Waals surface area contributed by atoms with Crippen LogP contribution >= 0.6 is 0 Å². The molecule has 0 saturated carbocycles. The SMILES string of the molecule is CCCCCCCCCCOC(=O)CCCCCCCCCCCCCCCCCO. The average Bonchev–Trinajstić information content (AvgIpc) is 2.77. The van der Waals surface area contributed by atoms with Crippen LogP contribution in [0.4, 0.5) is 0 Å². The molecule has 0 unspecified atom stereocenters. The van der Waals surface area contributed by atoms with E-state index in [-0.39, 0.29) is 5.97 Å². The molecule has 0 heterocycles. The molecule has 1 N–H and O–H groups in total. The van der Waals surface area contributed by atoms with E-state index in [9.17, 15) is 4.79 Å². The summed E-state index contributed by atoms with van der Waals surface area (Å²) in [6.45, 7) is 3.23. The number of ether oxygens (including phenoxy) is 1. The van der Waals surface area contributed by atoms with Gasteiger partial charge in [-0.05, 0) is 19.3 Å². The minimum Gasteiger partial charge on any atom is -0.466 e. The number of carbonyl (C=O) groups excluding carboxylic acids is 1. The molecular weight excluding hydrogens is 384 g/mol. The third kappa shape index (κ3) is 27.4. The first kappa shape index (κ1) is 30.4. The molecule has 31 heavy (non-hydrogen) atoms. The zero-order valence-corrected chi connectivity index (χ0v) is 21.1. The average molecular weight is 441 g/mol. The van der Waals surface area contributed by atoms with Crippen molar-refractivity contribution in [3.8, 4) is 0 Å². The van der Waals surface area contributed by atoms with E-state index in [0.717, 1.165) is 19.3 Å². The normalized spacial score (nSPS) is 11.2. The number of unbranched alkanes of at least 4 members (excludes halogenated alkanes) is 21. The van der Waals surface area contributed by atoms with Gasteiger partial charge in [0.15, 0.2) is 0 Å². The van der Waals surface area contributed by atoms with Crippen molar-refractivity contribution in [1.82, 2.24) is 0 Å². The molecular formula is C28H56O3. The minimum absolute atomic E-state index is 0.0105. The van der Waals surface area contributed by atoms with Crippen molar-refractivity contribution < 1.29 is 14.6 Å². The third-order valence-corrected chi connectivity index (χ3v) is 6.30. The van der Waals surface area contributed by atoms with Crippen LogP contribution in [0, 0.1) is 0 Å². The topological polar surface area (TPSA) is 46.5 Å². The summed E-state index contributed by atoms with van der Waals surface area (Å²) in [4.78, 5) is 11.8. The van der Waals surface area contributed by atoms with Crippen LogP contribution in [-0.4, -0.2) is 24.3 Å². The Kier molecular flexibility index (Phi) is 27.0. The van der Waals surface area contributed by atoms with Gasteiger partial charge >= 0.3 is 5.97 Å². The third-order valence-electron chi connectivity index (χ3n) is 6.30. The number of hydrogen-bond acceptors (Lipinski definition) is 3. The second-order valence-corrected chi connectivity index (χ2v) is 9.47. The van der Waals surface area contributed by atoms with Crippen molar-refractivity contribution in [3.05, 3.63) is 0 Å². The minimum atomic E-state index is 0.0105. The van der Waals surface area contributed by atoms with Crippen molar-refractivity contribution in [2.45, 2.75) is 161 Å². The highest BCUT2D eigenvalue weighted by molar-refractivity contribution is 5.69. The smallest absolute Gasteiger partial charge is 0.305 e. The van der Waals surface area contributed by atoms with Crippen LogP contribution in [-0.2, 0) is 9.53 Å². The highest BCUT2D eigenvalue weighted by Crippen LogP contribution is 2.14. The maximum atomic E-state index is 11.8.